The zero-order valence-corrected chi connectivity index (χ0v) is 18.0. The van der Waals surface area contributed by atoms with Crippen molar-refractivity contribution in [2.75, 3.05) is 6.61 Å². The summed E-state index contributed by atoms with van der Waals surface area (Å²) in [6, 6.07) is -5.56. The Morgan fingerprint density at radius 2 is 1.31 bits per heavy atom. The van der Waals surface area contributed by atoms with Gasteiger partial charge in [0.1, 0.15) is 18.1 Å². The van der Waals surface area contributed by atoms with E-state index in [1.54, 1.807) is 13.8 Å². The Bertz CT molecular complexity index is 714. The van der Waals surface area contributed by atoms with Crippen LogP contribution in [0.15, 0.2) is 0 Å². The molecular weight excluding hydrogens is 428 g/mol. The lowest BCUT2D eigenvalue weighted by Crippen LogP contribution is -2.58. The van der Waals surface area contributed by atoms with E-state index in [4.69, 9.17) is 17.2 Å². The van der Waals surface area contributed by atoms with Crippen LogP contribution in [0.2, 0.25) is 0 Å². The number of hydrogen-bond donors (Lipinski definition) is 8. The van der Waals surface area contributed by atoms with E-state index in [0.717, 1.165) is 0 Å². The van der Waals surface area contributed by atoms with Crippen molar-refractivity contribution in [2.45, 2.75) is 63.7 Å². The highest BCUT2D eigenvalue weighted by Gasteiger charge is 2.31. The fourth-order valence-electron chi connectivity index (χ4n) is 2.55. The predicted molar refractivity (Wildman–Crippen MR) is 110 cm³/mol. The maximum Gasteiger partial charge on any atom is 0.326 e. The number of carboxylic acids is 1. The first-order valence-corrected chi connectivity index (χ1v) is 9.85. The van der Waals surface area contributed by atoms with E-state index in [2.05, 4.69) is 16.0 Å². The molecule has 0 aliphatic heterocycles. The molecule has 0 bridgehead atoms. The first-order chi connectivity index (χ1) is 14.8. The Morgan fingerprint density at radius 1 is 0.812 bits per heavy atom. The largest absolute Gasteiger partial charge is 0.480 e. The zero-order valence-electron chi connectivity index (χ0n) is 18.0. The summed E-state index contributed by atoms with van der Waals surface area (Å²) in [5.74, 6) is -5.90. The zero-order chi connectivity index (χ0) is 25.0. The second-order valence-corrected chi connectivity index (χ2v) is 7.62. The minimum Gasteiger partial charge on any atom is -0.480 e. The highest BCUT2D eigenvalue weighted by atomic mass is 16.4. The first kappa shape index (κ1) is 28.7. The molecule has 0 saturated carbocycles. The van der Waals surface area contributed by atoms with Crippen LogP contribution in [-0.4, -0.2) is 76.5 Å². The number of aliphatic hydroxyl groups excluding tert-OH is 1. The van der Waals surface area contributed by atoms with Crippen LogP contribution in [0.4, 0.5) is 0 Å². The van der Waals surface area contributed by atoms with Crippen molar-refractivity contribution >= 4 is 35.5 Å². The van der Waals surface area contributed by atoms with Gasteiger partial charge in [0.2, 0.25) is 29.5 Å². The number of primary amides is 2. The molecule has 0 saturated heterocycles. The first-order valence-electron chi connectivity index (χ1n) is 9.85. The Balaban J connectivity index is 5.25. The lowest BCUT2D eigenvalue weighted by molar-refractivity contribution is -0.143. The molecule has 0 aliphatic rings. The van der Waals surface area contributed by atoms with Crippen molar-refractivity contribution in [1.82, 2.24) is 16.0 Å². The van der Waals surface area contributed by atoms with Gasteiger partial charge in [-0.3, -0.25) is 24.0 Å². The second-order valence-electron chi connectivity index (χ2n) is 7.62. The molecule has 5 amide bonds. The van der Waals surface area contributed by atoms with Crippen LogP contribution in [0.5, 0.6) is 0 Å². The Hall–Kier alpha value is -3.26. The van der Waals surface area contributed by atoms with Crippen molar-refractivity contribution in [1.29, 1.82) is 0 Å². The summed E-state index contributed by atoms with van der Waals surface area (Å²) in [4.78, 5) is 70.5. The molecule has 0 aliphatic carbocycles. The van der Waals surface area contributed by atoms with E-state index in [1.807, 2.05) is 0 Å². The molecule has 11 N–H and O–H groups in total. The van der Waals surface area contributed by atoms with Crippen LogP contribution in [-0.2, 0) is 28.8 Å². The van der Waals surface area contributed by atoms with Crippen LogP contribution in [0.3, 0.4) is 0 Å². The molecule has 14 nitrogen and oxygen atoms in total. The van der Waals surface area contributed by atoms with Crippen molar-refractivity contribution in [3.05, 3.63) is 0 Å². The number of carbonyl (C=O) groups excluding carboxylic acids is 5. The summed E-state index contributed by atoms with van der Waals surface area (Å²) in [6.45, 7) is 2.61. The number of rotatable bonds is 15. The summed E-state index contributed by atoms with van der Waals surface area (Å²) in [5, 5.41) is 25.2. The Morgan fingerprint density at radius 3 is 1.75 bits per heavy atom. The van der Waals surface area contributed by atoms with Gasteiger partial charge in [-0.1, -0.05) is 13.8 Å². The number of carbonyl (C=O) groups is 6. The molecular formula is C18H32N6O8. The number of nitrogens with two attached hydrogens (primary N) is 3. The maximum atomic E-state index is 12.5. The maximum absolute atomic E-state index is 12.5. The van der Waals surface area contributed by atoms with Gasteiger partial charge >= 0.3 is 5.97 Å². The highest BCUT2D eigenvalue weighted by Crippen LogP contribution is 2.06. The van der Waals surface area contributed by atoms with Crippen LogP contribution in [0.25, 0.3) is 0 Å². The predicted octanol–water partition coefficient (Wildman–Crippen LogP) is -3.97. The molecule has 0 radical (unpaired) electrons. The molecule has 0 rings (SSSR count). The third-order valence-electron chi connectivity index (χ3n) is 4.21. The molecule has 0 heterocycles. The number of carboxylic acid groups (broad SMARTS) is 1. The third kappa shape index (κ3) is 11.2. The standard InChI is InChI=1S/C18H32N6O8/c1-8(2)5-11(18(31)32)23-16(29)10(6-14(21)27)22-17(30)12(7-25)24-15(28)9(19)3-4-13(20)26/h8-12,25H,3-7,19H2,1-2H3,(H2,20,26)(H2,21,27)(H,22,30)(H,23,29)(H,24,28)(H,31,32). The van der Waals surface area contributed by atoms with Crippen LogP contribution in [0.1, 0.15) is 39.5 Å². The fourth-order valence-corrected chi connectivity index (χ4v) is 2.55. The quantitative estimate of drug-likeness (QED) is 0.118. The molecule has 182 valence electrons. The molecule has 0 aromatic heterocycles. The van der Waals surface area contributed by atoms with Gasteiger partial charge < -0.3 is 43.4 Å². The van der Waals surface area contributed by atoms with E-state index < -0.39 is 72.7 Å². The van der Waals surface area contributed by atoms with Gasteiger partial charge in [-0.05, 0) is 18.8 Å². The smallest absolute Gasteiger partial charge is 0.326 e. The number of aliphatic carboxylic acids is 1. The van der Waals surface area contributed by atoms with Gasteiger partial charge in [0.05, 0.1) is 19.1 Å². The molecule has 4 atom stereocenters. The minimum atomic E-state index is -1.55. The number of nitrogens with one attached hydrogen (secondary N) is 3. The average molecular weight is 460 g/mol. The summed E-state index contributed by atoms with van der Waals surface area (Å²) >= 11 is 0. The van der Waals surface area contributed by atoms with Crippen LogP contribution < -0.4 is 33.2 Å². The van der Waals surface area contributed by atoms with Crippen LogP contribution in [0, 0.1) is 5.92 Å². The molecule has 14 heteroatoms. The molecule has 4 unspecified atom stereocenters. The van der Waals surface area contributed by atoms with Gasteiger partial charge in [-0.15, -0.1) is 0 Å². The SMILES string of the molecule is CC(C)CC(NC(=O)C(CC(N)=O)NC(=O)C(CO)NC(=O)C(N)CCC(N)=O)C(=O)O. The lowest BCUT2D eigenvalue weighted by Gasteiger charge is -2.24. The van der Waals surface area contributed by atoms with Crippen LogP contribution >= 0.6 is 0 Å². The van der Waals surface area contributed by atoms with E-state index >= 15 is 0 Å². The van der Waals surface area contributed by atoms with Crippen molar-refractivity contribution in [2.24, 2.45) is 23.1 Å². The molecule has 0 fully saturated rings. The van der Waals surface area contributed by atoms with E-state index in [-0.39, 0.29) is 25.2 Å². The number of hydrogen-bond acceptors (Lipinski definition) is 8. The van der Waals surface area contributed by atoms with E-state index in [9.17, 15) is 39.0 Å². The van der Waals surface area contributed by atoms with Crippen molar-refractivity contribution in [3.8, 4) is 0 Å². The van der Waals surface area contributed by atoms with Crippen molar-refractivity contribution in [3.63, 3.8) is 0 Å². The third-order valence-corrected chi connectivity index (χ3v) is 4.21. The summed E-state index contributed by atoms with van der Waals surface area (Å²) < 4.78 is 0. The van der Waals surface area contributed by atoms with E-state index in [0.29, 0.717) is 0 Å². The lowest BCUT2D eigenvalue weighted by atomic mass is 10.0. The Labute approximate surface area is 184 Å². The van der Waals surface area contributed by atoms with Gasteiger partial charge in [0, 0.05) is 6.42 Å². The molecule has 0 spiro atoms. The van der Waals surface area contributed by atoms with Crippen molar-refractivity contribution < 1.29 is 39.0 Å². The van der Waals surface area contributed by atoms with Gasteiger partial charge in [-0.2, -0.15) is 0 Å². The average Bonchev–Trinajstić information content (AvgIpc) is 2.67. The van der Waals surface area contributed by atoms with Gasteiger partial charge in [0.25, 0.3) is 0 Å². The van der Waals surface area contributed by atoms with Gasteiger partial charge in [-0.25, -0.2) is 4.79 Å². The minimum absolute atomic E-state index is 0.0756. The summed E-state index contributed by atoms with van der Waals surface area (Å²) in [7, 11) is 0. The molecule has 0 aromatic carbocycles. The summed E-state index contributed by atoms with van der Waals surface area (Å²) in [5.41, 5.74) is 15.7. The monoisotopic (exact) mass is 460 g/mol. The van der Waals surface area contributed by atoms with E-state index in [1.165, 1.54) is 0 Å². The molecule has 32 heavy (non-hydrogen) atoms. The normalized spacial score (nSPS) is 14.5. The molecule has 0 aromatic rings. The fraction of sp³-hybridized carbons (Fsp3) is 0.667. The number of amides is 5. The summed E-state index contributed by atoms with van der Waals surface area (Å²) in [6.07, 6.45) is -0.834. The highest BCUT2D eigenvalue weighted by molar-refractivity contribution is 5.96. The second kappa shape index (κ2) is 13.9. The number of aliphatic hydroxyl groups is 1. The van der Waals surface area contributed by atoms with Gasteiger partial charge in [0.15, 0.2) is 0 Å². The topological polar surface area (TPSA) is 257 Å². The Kier molecular flexibility index (Phi) is 12.5.